The number of hydrogen-bond donors (Lipinski definition) is 1. The highest BCUT2D eigenvalue weighted by Crippen LogP contribution is 2.27. The van der Waals surface area contributed by atoms with E-state index in [0.29, 0.717) is 0 Å². The quantitative estimate of drug-likeness (QED) is 0.564. The van der Waals surface area contributed by atoms with Crippen molar-refractivity contribution in [3.8, 4) is 11.3 Å². The molecule has 0 spiro atoms. The topological polar surface area (TPSA) is 50.2 Å². The summed E-state index contributed by atoms with van der Waals surface area (Å²) in [4.78, 5) is 15.2. The van der Waals surface area contributed by atoms with Crippen LogP contribution in [0.2, 0.25) is 0 Å². The lowest BCUT2D eigenvalue weighted by Crippen LogP contribution is -2.40. The number of nitrogens with one attached hydrogen (secondary N) is 1. The van der Waals surface area contributed by atoms with E-state index in [1.54, 1.807) is 0 Å². The van der Waals surface area contributed by atoms with Gasteiger partial charge in [0.15, 0.2) is 0 Å². The van der Waals surface area contributed by atoms with E-state index in [4.69, 9.17) is 5.10 Å². The standard InChI is InChI=1S/C25H32N4O/c1-2-21-13-8-9-17-28(21)18-10-16-26-24(30)19-29-23-15-7-6-14-22(23)25(27-29)20-11-4-3-5-12-20/h3-7,11-12,14-15,21H,2,8-10,13,16-19H2,1H3,(H,26,30)/t21-/m0/s1. The number of benzene rings is 2. The molecule has 0 radical (unpaired) electrons. The molecule has 0 aliphatic carbocycles. The van der Waals surface area contributed by atoms with Gasteiger partial charge in [-0.05, 0) is 38.3 Å². The molecule has 1 fully saturated rings. The zero-order chi connectivity index (χ0) is 20.8. The molecular weight excluding hydrogens is 372 g/mol. The number of rotatable bonds is 8. The van der Waals surface area contributed by atoms with Crippen molar-refractivity contribution in [3.63, 3.8) is 0 Å². The second-order valence-corrected chi connectivity index (χ2v) is 8.19. The number of amides is 1. The molecule has 1 aliphatic rings. The van der Waals surface area contributed by atoms with Crippen molar-refractivity contribution in [2.24, 2.45) is 0 Å². The lowest BCUT2D eigenvalue weighted by molar-refractivity contribution is -0.121. The summed E-state index contributed by atoms with van der Waals surface area (Å²) in [5.41, 5.74) is 2.99. The zero-order valence-corrected chi connectivity index (χ0v) is 17.9. The maximum absolute atomic E-state index is 12.6. The third kappa shape index (κ3) is 4.73. The minimum absolute atomic E-state index is 0.0218. The Labute approximate surface area is 179 Å². The summed E-state index contributed by atoms with van der Waals surface area (Å²) in [6.45, 7) is 5.52. The molecule has 2 aromatic carbocycles. The largest absolute Gasteiger partial charge is 0.354 e. The lowest BCUT2D eigenvalue weighted by atomic mass is 10.00. The molecule has 30 heavy (non-hydrogen) atoms. The Morgan fingerprint density at radius 2 is 1.90 bits per heavy atom. The second kappa shape index (κ2) is 9.90. The van der Waals surface area contributed by atoms with E-state index in [9.17, 15) is 4.79 Å². The predicted octanol–water partition coefficient (Wildman–Crippen LogP) is 4.47. The van der Waals surface area contributed by atoms with Gasteiger partial charge in [0.25, 0.3) is 0 Å². The molecule has 5 heteroatoms. The van der Waals surface area contributed by atoms with Crippen molar-refractivity contribution < 1.29 is 4.79 Å². The highest BCUT2D eigenvalue weighted by atomic mass is 16.2. The number of likely N-dealkylation sites (tertiary alicyclic amines) is 1. The molecule has 1 saturated heterocycles. The van der Waals surface area contributed by atoms with Gasteiger partial charge in [-0.1, -0.05) is 61.9 Å². The normalized spacial score (nSPS) is 17.3. The fraction of sp³-hybridized carbons (Fsp3) is 0.440. The number of carbonyl (C=O) groups is 1. The molecule has 158 valence electrons. The monoisotopic (exact) mass is 404 g/mol. The van der Waals surface area contributed by atoms with Crippen LogP contribution >= 0.6 is 0 Å². The second-order valence-electron chi connectivity index (χ2n) is 8.19. The smallest absolute Gasteiger partial charge is 0.241 e. The van der Waals surface area contributed by atoms with E-state index in [1.165, 1.54) is 32.2 Å². The highest BCUT2D eigenvalue weighted by Gasteiger charge is 2.20. The molecule has 0 saturated carbocycles. The number of carbonyl (C=O) groups excluding carboxylic acids is 1. The van der Waals surface area contributed by atoms with Gasteiger partial charge in [-0.15, -0.1) is 0 Å². The van der Waals surface area contributed by atoms with E-state index >= 15 is 0 Å². The molecule has 1 aliphatic heterocycles. The van der Waals surface area contributed by atoms with Crippen LogP contribution in [0.1, 0.15) is 39.0 Å². The Hall–Kier alpha value is -2.66. The Morgan fingerprint density at radius 3 is 2.73 bits per heavy atom. The summed E-state index contributed by atoms with van der Waals surface area (Å²) in [6.07, 6.45) is 6.20. The SMILES string of the molecule is CC[C@H]1CCCCN1CCCNC(=O)Cn1nc(-c2ccccc2)c2ccccc21. The molecule has 3 aromatic rings. The Bertz CT molecular complexity index is 966. The Kier molecular flexibility index (Phi) is 6.80. The van der Waals surface area contributed by atoms with Crippen LogP contribution in [-0.2, 0) is 11.3 Å². The first-order chi connectivity index (χ1) is 14.8. The van der Waals surface area contributed by atoms with E-state index in [2.05, 4.69) is 35.3 Å². The maximum Gasteiger partial charge on any atom is 0.241 e. The first-order valence-corrected chi connectivity index (χ1v) is 11.3. The van der Waals surface area contributed by atoms with Crippen LogP contribution in [0.5, 0.6) is 0 Å². The summed E-state index contributed by atoms with van der Waals surface area (Å²) >= 11 is 0. The van der Waals surface area contributed by atoms with Crippen LogP contribution in [-0.4, -0.2) is 46.3 Å². The minimum atomic E-state index is 0.0218. The molecule has 0 unspecified atom stereocenters. The van der Waals surface area contributed by atoms with Crippen molar-refractivity contribution in [3.05, 3.63) is 54.6 Å². The fourth-order valence-electron chi connectivity index (χ4n) is 4.58. The molecule has 0 bridgehead atoms. The van der Waals surface area contributed by atoms with Crippen LogP contribution < -0.4 is 5.32 Å². The number of nitrogens with zero attached hydrogens (tertiary/aromatic N) is 3. The van der Waals surface area contributed by atoms with Gasteiger partial charge >= 0.3 is 0 Å². The summed E-state index contributed by atoms with van der Waals surface area (Å²) in [6, 6.07) is 19.0. The lowest BCUT2D eigenvalue weighted by Gasteiger charge is -2.35. The average Bonchev–Trinajstić information content (AvgIpc) is 3.16. The van der Waals surface area contributed by atoms with Gasteiger partial charge in [0.1, 0.15) is 12.2 Å². The molecule has 1 aromatic heterocycles. The van der Waals surface area contributed by atoms with Gasteiger partial charge in [-0.3, -0.25) is 9.48 Å². The predicted molar refractivity (Wildman–Crippen MR) is 122 cm³/mol. The van der Waals surface area contributed by atoms with Crippen LogP contribution in [0.25, 0.3) is 22.2 Å². The van der Waals surface area contributed by atoms with Crippen LogP contribution in [0.4, 0.5) is 0 Å². The number of fused-ring (bicyclic) bond motifs is 1. The molecule has 5 nitrogen and oxygen atoms in total. The summed E-state index contributed by atoms with van der Waals surface area (Å²) in [7, 11) is 0. The van der Waals surface area contributed by atoms with Crippen molar-refractivity contribution in [1.29, 1.82) is 0 Å². The average molecular weight is 405 g/mol. The summed E-state index contributed by atoms with van der Waals surface area (Å²) in [5, 5.41) is 8.94. The summed E-state index contributed by atoms with van der Waals surface area (Å²) in [5.74, 6) is 0.0218. The van der Waals surface area contributed by atoms with Crippen LogP contribution in [0.15, 0.2) is 54.6 Å². The van der Waals surface area contributed by atoms with Gasteiger partial charge in [0, 0.05) is 30.1 Å². The fourth-order valence-corrected chi connectivity index (χ4v) is 4.58. The first-order valence-electron chi connectivity index (χ1n) is 11.3. The number of hydrogen-bond acceptors (Lipinski definition) is 3. The highest BCUT2D eigenvalue weighted by molar-refractivity contribution is 5.94. The van der Waals surface area contributed by atoms with Gasteiger partial charge in [0.05, 0.1) is 5.52 Å². The van der Waals surface area contributed by atoms with Gasteiger partial charge in [-0.25, -0.2) is 0 Å². The number of para-hydroxylation sites is 1. The van der Waals surface area contributed by atoms with E-state index in [0.717, 1.165) is 47.7 Å². The van der Waals surface area contributed by atoms with Crippen molar-refractivity contribution in [2.45, 2.75) is 51.6 Å². The summed E-state index contributed by atoms with van der Waals surface area (Å²) < 4.78 is 1.82. The molecule has 1 amide bonds. The van der Waals surface area contributed by atoms with E-state index < -0.39 is 0 Å². The van der Waals surface area contributed by atoms with Crippen molar-refractivity contribution in [2.75, 3.05) is 19.6 Å². The Morgan fingerprint density at radius 1 is 1.10 bits per heavy atom. The maximum atomic E-state index is 12.6. The molecular formula is C25H32N4O. The van der Waals surface area contributed by atoms with Gasteiger partial charge in [-0.2, -0.15) is 5.10 Å². The molecule has 1 atom stereocenters. The first kappa shape index (κ1) is 20.6. The molecule has 1 N–H and O–H groups in total. The molecule has 4 rings (SSSR count). The van der Waals surface area contributed by atoms with Crippen molar-refractivity contribution >= 4 is 16.8 Å². The third-order valence-corrected chi connectivity index (χ3v) is 6.16. The molecule has 2 heterocycles. The van der Waals surface area contributed by atoms with Crippen molar-refractivity contribution in [1.82, 2.24) is 20.0 Å². The minimum Gasteiger partial charge on any atom is -0.354 e. The van der Waals surface area contributed by atoms with Gasteiger partial charge in [0.2, 0.25) is 5.91 Å². The van der Waals surface area contributed by atoms with Gasteiger partial charge < -0.3 is 10.2 Å². The zero-order valence-electron chi connectivity index (χ0n) is 17.9. The Balaban J connectivity index is 1.36. The third-order valence-electron chi connectivity index (χ3n) is 6.16. The van der Waals surface area contributed by atoms with Crippen LogP contribution in [0.3, 0.4) is 0 Å². The number of piperidine rings is 1. The van der Waals surface area contributed by atoms with E-state index in [1.807, 2.05) is 41.1 Å². The number of aromatic nitrogens is 2. The van der Waals surface area contributed by atoms with Crippen LogP contribution in [0, 0.1) is 0 Å². The van der Waals surface area contributed by atoms with E-state index in [-0.39, 0.29) is 12.5 Å².